The zero-order valence-corrected chi connectivity index (χ0v) is 21.7. The van der Waals surface area contributed by atoms with E-state index >= 15 is 0 Å². The van der Waals surface area contributed by atoms with E-state index in [1.54, 1.807) is 0 Å². The normalized spacial score (nSPS) is 63.9. The van der Waals surface area contributed by atoms with Gasteiger partial charge in [-0.3, -0.25) is 4.79 Å². The number of ether oxygens (including phenoxy) is 3. The van der Waals surface area contributed by atoms with Gasteiger partial charge >= 0.3 is 5.97 Å². The van der Waals surface area contributed by atoms with Crippen LogP contribution in [0.25, 0.3) is 0 Å². The van der Waals surface area contributed by atoms with E-state index in [0.29, 0.717) is 25.7 Å². The van der Waals surface area contributed by atoms with E-state index < -0.39 is 35.1 Å². The fourth-order valence-corrected chi connectivity index (χ4v) is 11.0. The van der Waals surface area contributed by atoms with Gasteiger partial charge in [0.1, 0.15) is 0 Å². The fraction of sp³-hybridized carbons (Fsp3) is 0.964. The lowest BCUT2D eigenvalue weighted by Crippen LogP contribution is -2.62. The molecule has 0 amide bonds. The fourth-order valence-electron chi connectivity index (χ4n) is 11.0. The molecule has 7 nitrogen and oxygen atoms in total. The highest BCUT2D eigenvalue weighted by Gasteiger charge is 2.85. The number of carbonyl (C=O) groups is 1. The smallest absolute Gasteiger partial charge is 0.313 e. The highest BCUT2D eigenvalue weighted by atomic mass is 16.8. The van der Waals surface area contributed by atoms with Crippen LogP contribution in [0.3, 0.4) is 0 Å². The summed E-state index contributed by atoms with van der Waals surface area (Å²) in [7, 11) is 0. The molecule has 7 fully saturated rings. The van der Waals surface area contributed by atoms with Crippen molar-refractivity contribution in [2.45, 2.75) is 121 Å². The molecule has 2 spiro atoms. The summed E-state index contributed by atoms with van der Waals surface area (Å²) in [5, 5.41) is 32.8. The molecule has 14 atom stereocenters. The maximum atomic E-state index is 14.0. The standard InChI is InChI=1S/C28H42O7/c1-13-10-28(35-24(13,2)3)26(5)22-20(33-28)9-16-15-7-6-14-8-17(29)18(30)11-25(14,4)21(15)19(31)12-27(16,22)23(32)34-26/h13-22,29-31H,6-12H2,1-5H3. The quantitative estimate of drug-likeness (QED) is 0.449. The Kier molecular flexibility index (Phi) is 4.43. The zero-order chi connectivity index (χ0) is 24.9. The maximum Gasteiger partial charge on any atom is 0.313 e. The van der Waals surface area contributed by atoms with Crippen LogP contribution in [-0.4, -0.2) is 62.7 Å². The highest BCUT2D eigenvalue weighted by Crippen LogP contribution is 2.76. The van der Waals surface area contributed by atoms with Crippen molar-refractivity contribution >= 4 is 5.97 Å². The third-order valence-electron chi connectivity index (χ3n) is 12.7. The topological polar surface area (TPSA) is 105 Å². The third-order valence-corrected chi connectivity index (χ3v) is 12.7. The van der Waals surface area contributed by atoms with Crippen LogP contribution < -0.4 is 0 Å². The van der Waals surface area contributed by atoms with Crippen molar-refractivity contribution in [2.24, 2.45) is 46.3 Å². The van der Waals surface area contributed by atoms with E-state index in [0.717, 1.165) is 19.3 Å². The molecule has 3 N–H and O–H groups in total. The van der Waals surface area contributed by atoms with Gasteiger partial charge in [0, 0.05) is 12.3 Å². The first-order chi connectivity index (χ1) is 16.3. The predicted octanol–water partition coefficient (Wildman–Crippen LogP) is 2.78. The molecule has 3 aliphatic heterocycles. The van der Waals surface area contributed by atoms with Gasteiger partial charge in [-0.05, 0) is 94.3 Å². The molecule has 3 saturated heterocycles. The summed E-state index contributed by atoms with van der Waals surface area (Å²) >= 11 is 0. The van der Waals surface area contributed by atoms with Gasteiger partial charge in [0.15, 0.2) is 5.60 Å². The summed E-state index contributed by atoms with van der Waals surface area (Å²) in [4.78, 5) is 14.0. The minimum absolute atomic E-state index is 0.00755. The van der Waals surface area contributed by atoms with E-state index in [-0.39, 0.29) is 58.6 Å². The van der Waals surface area contributed by atoms with Crippen LogP contribution in [0.2, 0.25) is 0 Å². The lowest BCUT2D eigenvalue weighted by Gasteiger charge is -2.62. The number of hydrogen-bond donors (Lipinski definition) is 3. The Morgan fingerprint density at radius 1 is 0.914 bits per heavy atom. The molecule has 196 valence electrons. The summed E-state index contributed by atoms with van der Waals surface area (Å²) in [5.74, 6) is -0.360. The number of carbonyl (C=O) groups excluding carboxylic acids is 1. The Bertz CT molecular complexity index is 967. The Balaban J connectivity index is 1.27. The lowest BCUT2D eigenvalue weighted by molar-refractivity contribution is -0.291. The van der Waals surface area contributed by atoms with Crippen LogP contribution >= 0.6 is 0 Å². The van der Waals surface area contributed by atoms with Gasteiger partial charge in [-0.1, -0.05) is 13.8 Å². The van der Waals surface area contributed by atoms with Crippen molar-refractivity contribution in [2.75, 3.05) is 0 Å². The molecule has 0 aromatic rings. The molecule has 0 bridgehead atoms. The van der Waals surface area contributed by atoms with Crippen LogP contribution in [0, 0.1) is 46.3 Å². The van der Waals surface area contributed by atoms with Gasteiger partial charge in [0.05, 0.1) is 35.4 Å². The molecule has 4 saturated carbocycles. The number of rotatable bonds is 0. The van der Waals surface area contributed by atoms with Crippen molar-refractivity contribution in [3.05, 3.63) is 0 Å². The minimum Gasteiger partial charge on any atom is -0.453 e. The molecule has 7 heteroatoms. The van der Waals surface area contributed by atoms with Crippen molar-refractivity contribution in [1.82, 2.24) is 0 Å². The average Bonchev–Trinajstić information content (AvgIpc) is 3.35. The molecule has 7 aliphatic rings. The monoisotopic (exact) mass is 490 g/mol. The van der Waals surface area contributed by atoms with Crippen LogP contribution in [0.1, 0.15) is 79.6 Å². The average molecular weight is 491 g/mol. The first kappa shape index (κ1) is 23.4. The van der Waals surface area contributed by atoms with E-state index in [1.165, 1.54) is 0 Å². The number of aliphatic hydroxyl groups is 3. The summed E-state index contributed by atoms with van der Waals surface area (Å²) in [6.45, 7) is 10.6. The van der Waals surface area contributed by atoms with Crippen LogP contribution in [0.15, 0.2) is 0 Å². The molecule has 3 heterocycles. The van der Waals surface area contributed by atoms with Crippen molar-refractivity contribution in [1.29, 1.82) is 0 Å². The Morgan fingerprint density at radius 2 is 1.66 bits per heavy atom. The summed E-state index contributed by atoms with van der Waals surface area (Å²) in [5.41, 5.74) is -2.20. The number of hydrogen-bond acceptors (Lipinski definition) is 7. The van der Waals surface area contributed by atoms with Gasteiger partial charge in [0.25, 0.3) is 0 Å². The van der Waals surface area contributed by atoms with Gasteiger partial charge < -0.3 is 29.5 Å². The Labute approximate surface area is 207 Å². The first-order valence-electron chi connectivity index (χ1n) is 13.9. The van der Waals surface area contributed by atoms with Crippen molar-refractivity contribution in [3.63, 3.8) is 0 Å². The second-order valence-corrected chi connectivity index (χ2v) is 14.4. The maximum absolute atomic E-state index is 14.0. The highest BCUT2D eigenvalue weighted by molar-refractivity contribution is 5.83. The number of fused-ring (bicyclic) bond motifs is 5. The van der Waals surface area contributed by atoms with Gasteiger partial charge in [0.2, 0.25) is 5.79 Å². The molecule has 7 rings (SSSR count). The molecular weight excluding hydrogens is 448 g/mol. The summed E-state index contributed by atoms with van der Waals surface area (Å²) < 4.78 is 19.8. The largest absolute Gasteiger partial charge is 0.453 e. The van der Waals surface area contributed by atoms with Crippen LogP contribution in [0.4, 0.5) is 0 Å². The number of esters is 1. The van der Waals surface area contributed by atoms with E-state index in [4.69, 9.17) is 14.2 Å². The first-order valence-corrected chi connectivity index (χ1v) is 13.9. The minimum atomic E-state index is -0.926. The van der Waals surface area contributed by atoms with E-state index in [2.05, 4.69) is 27.7 Å². The number of aliphatic hydroxyl groups excluding tert-OH is 3. The van der Waals surface area contributed by atoms with Crippen molar-refractivity contribution in [3.8, 4) is 0 Å². The van der Waals surface area contributed by atoms with Gasteiger partial charge in [-0.2, -0.15) is 0 Å². The van der Waals surface area contributed by atoms with E-state index in [1.807, 2.05) is 6.92 Å². The van der Waals surface area contributed by atoms with Crippen LogP contribution in [-0.2, 0) is 19.0 Å². The van der Waals surface area contributed by atoms with Crippen LogP contribution in [0.5, 0.6) is 0 Å². The molecule has 14 unspecified atom stereocenters. The second-order valence-electron chi connectivity index (χ2n) is 14.4. The summed E-state index contributed by atoms with van der Waals surface area (Å²) in [6, 6.07) is 0. The van der Waals surface area contributed by atoms with Crippen molar-refractivity contribution < 1.29 is 34.3 Å². The second kappa shape index (κ2) is 6.63. The molecule has 35 heavy (non-hydrogen) atoms. The third kappa shape index (κ3) is 2.49. The Morgan fingerprint density at radius 3 is 2.34 bits per heavy atom. The Hall–Kier alpha value is -0.730. The molecular formula is C28H42O7. The predicted molar refractivity (Wildman–Crippen MR) is 125 cm³/mol. The van der Waals surface area contributed by atoms with Gasteiger partial charge in [-0.15, -0.1) is 0 Å². The zero-order valence-electron chi connectivity index (χ0n) is 21.7. The molecule has 0 radical (unpaired) electrons. The SMILES string of the molecule is CC1CC2(OC3CC4C5CCC6CC(O)C(O)CC6(C)C5C(O)CC45C(=O)OC2(C)C35)OC1(C)C. The van der Waals surface area contributed by atoms with E-state index in [9.17, 15) is 20.1 Å². The molecule has 0 aromatic carbocycles. The molecule has 0 aromatic heterocycles. The van der Waals surface area contributed by atoms with Gasteiger partial charge in [-0.25, -0.2) is 0 Å². The summed E-state index contributed by atoms with van der Waals surface area (Å²) in [6.07, 6.45) is 2.69. The molecule has 4 aliphatic carbocycles. The lowest BCUT2D eigenvalue weighted by atomic mass is 9.43.